The largest absolute Gasteiger partial charge is 0.493 e. The smallest absolute Gasteiger partial charge is 0.286 e. The van der Waals surface area contributed by atoms with Crippen molar-refractivity contribution in [2.24, 2.45) is 5.92 Å². The Morgan fingerprint density at radius 3 is 2.73 bits per heavy atom. The first kappa shape index (κ1) is 19.4. The predicted molar refractivity (Wildman–Crippen MR) is 120 cm³/mol. The van der Waals surface area contributed by atoms with Gasteiger partial charge in [0.2, 0.25) is 5.91 Å². The summed E-state index contributed by atoms with van der Waals surface area (Å²) in [5.41, 5.74) is 2.09. The summed E-state index contributed by atoms with van der Waals surface area (Å²) in [6, 6.07) is 16.1. The summed E-state index contributed by atoms with van der Waals surface area (Å²) < 4.78 is 7.24. The first-order valence-electron chi connectivity index (χ1n) is 9.98. The summed E-state index contributed by atoms with van der Waals surface area (Å²) in [5, 5.41) is 2.82. The molecule has 30 heavy (non-hydrogen) atoms. The van der Waals surface area contributed by atoms with Crippen molar-refractivity contribution in [2.45, 2.75) is 18.1 Å². The minimum Gasteiger partial charge on any atom is -0.493 e. The second kappa shape index (κ2) is 8.28. The number of aromatic nitrogens is 1. The van der Waals surface area contributed by atoms with E-state index in [2.05, 4.69) is 28.4 Å². The fourth-order valence-electron chi connectivity index (χ4n) is 3.82. The van der Waals surface area contributed by atoms with E-state index in [9.17, 15) is 9.59 Å². The molecule has 154 valence electrons. The van der Waals surface area contributed by atoms with E-state index in [1.165, 1.54) is 4.70 Å². The molecule has 2 amide bonds. The molecule has 2 aromatic carbocycles. The Kier molecular flexibility index (Phi) is 5.35. The van der Waals surface area contributed by atoms with Crippen LogP contribution in [-0.4, -0.2) is 41.1 Å². The standard InChI is InChI=1S/C22H21N3O3S2/c26-20-19(30-22(27)24-20)11-14-5-7-16(8-6-14)28-13-15-9-10-25(12-15)21-23-17-3-1-2-4-18(17)29-21/h1-8,15,19H,9-13H2,(H,24,26,27). The molecule has 2 unspecified atom stereocenters. The third-order valence-corrected chi connectivity index (χ3v) is 7.51. The van der Waals surface area contributed by atoms with Crippen molar-refractivity contribution in [3.63, 3.8) is 0 Å². The van der Waals surface area contributed by atoms with Crippen LogP contribution >= 0.6 is 23.1 Å². The molecule has 8 heteroatoms. The van der Waals surface area contributed by atoms with Crippen LogP contribution in [0.1, 0.15) is 12.0 Å². The second-order valence-electron chi connectivity index (χ2n) is 7.61. The summed E-state index contributed by atoms with van der Waals surface area (Å²) in [5.74, 6) is 1.10. The van der Waals surface area contributed by atoms with Crippen LogP contribution in [0.25, 0.3) is 10.2 Å². The molecule has 2 saturated heterocycles. The molecule has 3 aromatic rings. The lowest BCUT2D eigenvalue weighted by atomic mass is 10.1. The number of thiazole rings is 1. The molecule has 1 aromatic heterocycles. The highest BCUT2D eigenvalue weighted by Gasteiger charge is 2.31. The molecule has 0 radical (unpaired) electrons. The summed E-state index contributed by atoms with van der Waals surface area (Å²) in [7, 11) is 0. The van der Waals surface area contributed by atoms with E-state index in [-0.39, 0.29) is 16.4 Å². The number of hydrogen-bond donors (Lipinski definition) is 1. The summed E-state index contributed by atoms with van der Waals surface area (Å²) in [6.07, 6.45) is 1.64. The van der Waals surface area contributed by atoms with Gasteiger partial charge in [-0.2, -0.15) is 0 Å². The predicted octanol–water partition coefficient (Wildman–Crippen LogP) is 4.10. The highest BCUT2D eigenvalue weighted by atomic mass is 32.2. The molecule has 2 aliphatic rings. The molecule has 0 saturated carbocycles. The molecule has 6 nitrogen and oxygen atoms in total. The van der Waals surface area contributed by atoms with Gasteiger partial charge in [-0.1, -0.05) is 47.4 Å². The number of imide groups is 1. The van der Waals surface area contributed by atoms with Crippen molar-refractivity contribution in [3.05, 3.63) is 54.1 Å². The monoisotopic (exact) mass is 439 g/mol. The molecular formula is C22H21N3O3S2. The molecule has 0 aliphatic carbocycles. The number of hydrogen-bond acceptors (Lipinski definition) is 7. The number of fused-ring (bicyclic) bond motifs is 1. The number of nitrogens with zero attached hydrogens (tertiary/aromatic N) is 2. The number of carbonyl (C=O) groups excluding carboxylic acids is 2. The summed E-state index contributed by atoms with van der Waals surface area (Å²) in [6.45, 7) is 2.64. The van der Waals surface area contributed by atoms with E-state index < -0.39 is 0 Å². The second-order valence-corrected chi connectivity index (χ2v) is 9.79. The van der Waals surface area contributed by atoms with Crippen LogP contribution in [0, 0.1) is 5.92 Å². The fourth-order valence-corrected chi connectivity index (χ4v) is 5.68. The SMILES string of the molecule is O=C1NC(=O)C(Cc2ccc(OCC3CCN(c4nc5ccccc5s4)C3)cc2)S1. The molecule has 1 N–H and O–H groups in total. The van der Waals surface area contributed by atoms with Gasteiger partial charge in [-0.25, -0.2) is 4.98 Å². The number of thioether (sulfide) groups is 1. The van der Waals surface area contributed by atoms with E-state index in [0.29, 0.717) is 18.9 Å². The number of anilines is 1. The van der Waals surface area contributed by atoms with Crippen molar-refractivity contribution >= 4 is 49.6 Å². The van der Waals surface area contributed by atoms with Crippen LogP contribution in [-0.2, 0) is 11.2 Å². The number of carbonyl (C=O) groups is 2. The molecule has 0 spiro atoms. The zero-order valence-electron chi connectivity index (χ0n) is 16.2. The van der Waals surface area contributed by atoms with Gasteiger partial charge in [-0.15, -0.1) is 0 Å². The number of nitrogens with one attached hydrogen (secondary N) is 1. The van der Waals surface area contributed by atoms with Crippen LogP contribution in [0.3, 0.4) is 0 Å². The number of para-hydroxylation sites is 1. The Hall–Kier alpha value is -2.58. The van der Waals surface area contributed by atoms with Gasteiger partial charge in [0.1, 0.15) is 5.75 Å². The van der Waals surface area contributed by atoms with Crippen molar-refractivity contribution < 1.29 is 14.3 Å². The Morgan fingerprint density at radius 2 is 1.97 bits per heavy atom. The topological polar surface area (TPSA) is 71.5 Å². The van der Waals surface area contributed by atoms with Gasteiger partial charge in [-0.05, 0) is 42.7 Å². The zero-order valence-corrected chi connectivity index (χ0v) is 17.9. The quantitative estimate of drug-likeness (QED) is 0.624. The molecule has 2 atom stereocenters. The van der Waals surface area contributed by atoms with E-state index in [4.69, 9.17) is 9.72 Å². The number of rotatable bonds is 6. The van der Waals surface area contributed by atoms with Crippen molar-refractivity contribution in [1.29, 1.82) is 0 Å². The van der Waals surface area contributed by atoms with Gasteiger partial charge in [0.05, 0.1) is 22.1 Å². The maximum atomic E-state index is 11.7. The van der Waals surface area contributed by atoms with E-state index in [1.54, 1.807) is 11.3 Å². The zero-order chi connectivity index (χ0) is 20.5. The van der Waals surface area contributed by atoms with Crippen molar-refractivity contribution in [1.82, 2.24) is 10.3 Å². The number of amides is 2. The average molecular weight is 440 g/mol. The van der Waals surface area contributed by atoms with Crippen molar-refractivity contribution in [3.8, 4) is 5.75 Å². The number of ether oxygens (including phenoxy) is 1. The molecule has 0 bridgehead atoms. The summed E-state index contributed by atoms with van der Waals surface area (Å²) >= 11 is 2.81. The summed E-state index contributed by atoms with van der Waals surface area (Å²) in [4.78, 5) is 30.1. The fraction of sp³-hybridized carbons (Fsp3) is 0.318. The Labute approximate surface area is 182 Å². The van der Waals surface area contributed by atoms with Crippen molar-refractivity contribution in [2.75, 3.05) is 24.6 Å². The molecular weight excluding hydrogens is 418 g/mol. The first-order valence-corrected chi connectivity index (χ1v) is 11.7. The van der Waals surface area contributed by atoms with E-state index in [0.717, 1.165) is 53.2 Å². The lowest BCUT2D eigenvalue weighted by molar-refractivity contribution is -0.118. The molecule has 2 aliphatic heterocycles. The van der Waals surface area contributed by atoms with Gasteiger partial charge in [0, 0.05) is 19.0 Å². The minimum atomic E-state index is -0.337. The highest BCUT2D eigenvalue weighted by Crippen LogP contribution is 2.32. The number of benzene rings is 2. The lowest BCUT2D eigenvalue weighted by Gasteiger charge is -2.15. The van der Waals surface area contributed by atoms with Crippen LogP contribution in [0.15, 0.2) is 48.5 Å². The maximum Gasteiger partial charge on any atom is 0.286 e. The van der Waals surface area contributed by atoms with Crippen LogP contribution < -0.4 is 15.0 Å². The van der Waals surface area contributed by atoms with Gasteiger partial charge in [0.25, 0.3) is 5.24 Å². The lowest BCUT2D eigenvalue weighted by Crippen LogP contribution is -2.25. The first-order chi connectivity index (χ1) is 14.6. The highest BCUT2D eigenvalue weighted by molar-refractivity contribution is 8.15. The van der Waals surface area contributed by atoms with Gasteiger partial charge in [-0.3, -0.25) is 14.9 Å². The maximum absolute atomic E-state index is 11.7. The Morgan fingerprint density at radius 1 is 1.13 bits per heavy atom. The van der Waals surface area contributed by atoms with Gasteiger partial charge in [0.15, 0.2) is 5.13 Å². The third kappa shape index (κ3) is 4.15. The molecule has 3 heterocycles. The van der Waals surface area contributed by atoms with Gasteiger partial charge >= 0.3 is 0 Å². The van der Waals surface area contributed by atoms with E-state index in [1.807, 2.05) is 30.3 Å². The molecule has 2 fully saturated rings. The van der Waals surface area contributed by atoms with Gasteiger partial charge < -0.3 is 9.64 Å². The van der Waals surface area contributed by atoms with E-state index >= 15 is 0 Å². The molecule has 5 rings (SSSR count). The minimum absolute atomic E-state index is 0.204. The Balaban J connectivity index is 1.13. The van der Waals surface area contributed by atoms with Crippen LogP contribution in [0.4, 0.5) is 9.93 Å². The van der Waals surface area contributed by atoms with Crippen LogP contribution in [0.2, 0.25) is 0 Å². The third-order valence-electron chi connectivity index (χ3n) is 5.44. The van der Waals surface area contributed by atoms with Crippen LogP contribution in [0.5, 0.6) is 5.75 Å². The average Bonchev–Trinajstić information content (AvgIpc) is 3.46. The normalized spacial score (nSPS) is 21.4. The Bertz CT molecular complexity index is 1050.